The van der Waals surface area contributed by atoms with E-state index in [1.165, 1.54) is 0 Å². The lowest BCUT2D eigenvalue weighted by Crippen LogP contribution is -2.00. The van der Waals surface area contributed by atoms with Crippen molar-refractivity contribution in [2.24, 2.45) is 0 Å². The third kappa shape index (κ3) is 3.37. The van der Waals surface area contributed by atoms with Gasteiger partial charge in [-0.2, -0.15) is 11.8 Å². The van der Waals surface area contributed by atoms with Crippen LogP contribution in [0.2, 0.25) is 0 Å². The molecule has 0 aliphatic carbocycles. The van der Waals surface area contributed by atoms with Gasteiger partial charge in [-0.15, -0.1) is 0 Å². The van der Waals surface area contributed by atoms with Crippen molar-refractivity contribution in [3.63, 3.8) is 0 Å². The molecule has 74 valence electrons. The fraction of sp³-hybridized carbons (Fsp3) is 0.556. The second-order valence-corrected chi connectivity index (χ2v) is 4.73. The van der Waals surface area contributed by atoms with Gasteiger partial charge in [-0.25, -0.2) is 0 Å². The predicted octanol–water partition coefficient (Wildman–Crippen LogP) is 3.22. The minimum absolute atomic E-state index is 0.499. The summed E-state index contributed by atoms with van der Waals surface area (Å²) in [5.41, 5.74) is 0. The molecule has 2 nitrogen and oxygen atoms in total. The summed E-state index contributed by atoms with van der Waals surface area (Å²) < 4.78 is 5.99. The fourth-order valence-corrected chi connectivity index (χ4v) is 2.25. The van der Waals surface area contributed by atoms with Crippen LogP contribution < -0.4 is 0 Å². The van der Waals surface area contributed by atoms with E-state index in [2.05, 4.69) is 22.9 Å². The number of aliphatic hydroxyl groups is 1. The Morgan fingerprint density at radius 3 is 3.00 bits per heavy atom. The lowest BCUT2D eigenvalue weighted by molar-refractivity contribution is 0.173. The summed E-state index contributed by atoms with van der Waals surface area (Å²) in [5.74, 6) is 2.40. The molecule has 1 atom stereocenters. The second kappa shape index (κ2) is 5.73. The first-order chi connectivity index (χ1) is 6.25. The van der Waals surface area contributed by atoms with E-state index >= 15 is 0 Å². The molecule has 0 saturated heterocycles. The number of rotatable bonds is 5. The number of hydrogen-bond acceptors (Lipinski definition) is 3. The molecular weight excluding hydrogens is 252 g/mol. The number of hydrogen-bond donors (Lipinski definition) is 1. The van der Waals surface area contributed by atoms with Gasteiger partial charge in [0, 0.05) is 5.75 Å². The molecule has 0 amide bonds. The van der Waals surface area contributed by atoms with E-state index in [1.54, 1.807) is 24.1 Å². The monoisotopic (exact) mass is 264 g/mol. The van der Waals surface area contributed by atoms with Crippen molar-refractivity contribution in [3.8, 4) is 0 Å². The molecule has 4 heteroatoms. The van der Waals surface area contributed by atoms with Gasteiger partial charge in [-0.1, -0.05) is 6.92 Å². The molecule has 0 aliphatic heterocycles. The van der Waals surface area contributed by atoms with E-state index in [0.717, 1.165) is 16.6 Å². The Labute approximate surface area is 90.8 Å². The summed E-state index contributed by atoms with van der Waals surface area (Å²) in [5, 5.41) is 9.67. The van der Waals surface area contributed by atoms with Crippen molar-refractivity contribution in [3.05, 3.63) is 22.6 Å². The van der Waals surface area contributed by atoms with Crippen LogP contribution in [0.3, 0.4) is 0 Å². The highest BCUT2D eigenvalue weighted by Crippen LogP contribution is 2.26. The van der Waals surface area contributed by atoms with Gasteiger partial charge in [0.2, 0.25) is 0 Å². The van der Waals surface area contributed by atoms with Gasteiger partial charge < -0.3 is 9.52 Å². The predicted molar refractivity (Wildman–Crippen MR) is 59.0 cm³/mol. The maximum absolute atomic E-state index is 9.67. The Morgan fingerprint density at radius 2 is 2.46 bits per heavy atom. The summed E-state index contributed by atoms with van der Waals surface area (Å²) in [6.07, 6.45) is 2.21. The Hall–Kier alpha value is 0.0700. The quantitative estimate of drug-likeness (QED) is 0.830. The molecule has 0 aliphatic rings. The third-order valence-corrected chi connectivity index (χ3v) is 3.48. The molecule has 1 heterocycles. The number of furan rings is 1. The zero-order valence-corrected chi connectivity index (χ0v) is 9.90. The average molecular weight is 265 g/mol. The van der Waals surface area contributed by atoms with E-state index in [-0.39, 0.29) is 0 Å². The van der Waals surface area contributed by atoms with Crippen LogP contribution in [0.4, 0.5) is 0 Å². The normalized spacial score (nSPS) is 13.2. The first-order valence-electron chi connectivity index (χ1n) is 4.24. The minimum atomic E-state index is -0.499. The van der Waals surface area contributed by atoms with Crippen molar-refractivity contribution in [1.82, 2.24) is 0 Å². The van der Waals surface area contributed by atoms with Crippen LogP contribution in [0.25, 0.3) is 0 Å². The van der Waals surface area contributed by atoms with Gasteiger partial charge in [-0.05, 0) is 34.2 Å². The second-order valence-electron chi connectivity index (χ2n) is 2.72. The van der Waals surface area contributed by atoms with Crippen LogP contribution in [0.5, 0.6) is 0 Å². The molecule has 1 aromatic rings. The van der Waals surface area contributed by atoms with Crippen molar-refractivity contribution >= 4 is 27.7 Å². The van der Waals surface area contributed by atoms with E-state index in [4.69, 9.17) is 4.42 Å². The van der Waals surface area contributed by atoms with Crippen LogP contribution in [0.15, 0.2) is 21.2 Å². The first-order valence-corrected chi connectivity index (χ1v) is 6.19. The van der Waals surface area contributed by atoms with E-state index in [9.17, 15) is 5.11 Å². The standard InChI is InChI=1S/C9H13BrO2S/c1-2-5-13-6-8(11)9-7(10)3-4-12-9/h3-4,8,11H,2,5-6H2,1H3. The Balaban J connectivity index is 2.39. The van der Waals surface area contributed by atoms with Crippen LogP contribution in [0, 0.1) is 0 Å². The molecule has 1 N–H and O–H groups in total. The van der Waals surface area contributed by atoms with Gasteiger partial charge in [0.05, 0.1) is 10.7 Å². The van der Waals surface area contributed by atoms with E-state index in [0.29, 0.717) is 11.5 Å². The van der Waals surface area contributed by atoms with Gasteiger partial charge >= 0.3 is 0 Å². The smallest absolute Gasteiger partial charge is 0.147 e. The lowest BCUT2D eigenvalue weighted by atomic mass is 10.3. The Bertz CT molecular complexity index is 250. The van der Waals surface area contributed by atoms with E-state index in [1.807, 2.05) is 0 Å². The molecule has 0 saturated carbocycles. The Kier molecular flexibility index (Phi) is 4.91. The highest BCUT2D eigenvalue weighted by molar-refractivity contribution is 9.10. The van der Waals surface area contributed by atoms with Crippen LogP contribution >= 0.6 is 27.7 Å². The summed E-state index contributed by atoms with van der Waals surface area (Å²) in [6.45, 7) is 2.13. The molecule has 1 unspecified atom stereocenters. The molecule has 13 heavy (non-hydrogen) atoms. The highest BCUT2D eigenvalue weighted by Gasteiger charge is 2.14. The summed E-state index contributed by atoms with van der Waals surface area (Å²) in [7, 11) is 0. The third-order valence-electron chi connectivity index (χ3n) is 1.57. The number of thioether (sulfide) groups is 1. The van der Waals surface area contributed by atoms with Gasteiger partial charge in [-0.3, -0.25) is 0 Å². The molecule has 1 aromatic heterocycles. The van der Waals surface area contributed by atoms with Crippen LogP contribution in [-0.4, -0.2) is 16.6 Å². The molecule has 0 bridgehead atoms. The topological polar surface area (TPSA) is 33.4 Å². The van der Waals surface area contributed by atoms with Crippen molar-refractivity contribution < 1.29 is 9.52 Å². The zero-order chi connectivity index (χ0) is 9.68. The lowest BCUT2D eigenvalue weighted by Gasteiger charge is -2.07. The van der Waals surface area contributed by atoms with Gasteiger partial charge in [0.25, 0.3) is 0 Å². The van der Waals surface area contributed by atoms with Crippen LogP contribution in [-0.2, 0) is 0 Å². The molecule has 0 spiro atoms. The molecular formula is C9H13BrO2S. The SMILES string of the molecule is CCCSCC(O)c1occc1Br. The van der Waals surface area contributed by atoms with Gasteiger partial charge in [0.1, 0.15) is 11.9 Å². The molecule has 1 rings (SSSR count). The number of halogens is 1. The zero-order valence-electron chi connectivity index (χ0n) is 7.50. The minimum Gasteiger partial charge on any atom is -0.465 e. The van der Waals surface area contributed by atoms with Crippen molar-refractivity contribution in [1.29, 1.82) is 0 Å². The Morgan fingerprint density at radius 1 is 1.69 bits per heavy atom. The van der Waals surface area contributed by atoms with Gasteiger partial charge in [0.15, 0.2) is 0 Å². The summed E-state index contributed by atoms with van der Waals surface area (Å²) in [4.78, 5) is 0. The summed E-state index contributed by atoms with van der Waals surface area (Å²) in [6, 6.07) is 1.79. The molecule has 0 aromatic carbocycles. The summed E-state index contributed by atoms with van der Waals surface area (Å²) >= 11 is 5.05. The van der Waals surface area contributed by atoms with Crippen LogP contribution in [0.1, 0.15) is 25.2 Å². The first kappa shape index (κ1) is 11.1. The van der Waals surface area contributed by atoms with E-state index < -0.39 is 6.10 Å². The van der Waals surface area contributed by atoms with Crippen molar-refractivity contribution in [2.45, 2.75) is 19.4 Å². The number of aliphatic hydroxyl groups excluding tert-OH is 1. The molecule has 0 fully saturated rings. The average Bonchev–Trinajstić information content (AvgIpc) is 2.52. The largest absolute Gasteiger partial charge is 0.465 e. The fourth-order valence-electron chi connectivity index (χ4n) is 0.958. The highest BCUT2D eigenvalue weighted by atomic mass is 79.9. The molecule has 0 radical (unpaired) electrons. The maximum Gasteiger partial charge on any atom is 0.147 e. The maximum atomic E-state index is 9.67. The van der Waals surface area contributed by atoms with Crippen molar-refractivity contribution in [2.75, 3.05) is 11.5 Å².